The van der Waals surface area contributed by atoms with E-state index in [-0.39, 0.29) is 12.5 Å². The molecular weight excluding hydrogens is 340 g/mol. The average Bonchev–Trinajstić information content (AvgIpc) is 2.98. The van der Waals surface area contributed by atoms with Crippen LogP contribution in [0.15, 0.2) is 0 Å². The maximum atomic E-state index is 12.2. The van der Waals surface area contributed by atoms with Crippen LogP contribution in [0.4, 0.5) is 0 Å². The molecule has 0 spiro atoms. The number of hydrogen-bond donors (Lipinski definition) is 1. The van der Waals surface area contributed by atoms with Crippen LogP contribution < -0.4 is 0 Å². The van der Waals surface area contributed by atoms with Gasteiger partial charge in [-0.2, -0.15) is 0 Å². The Hall–Kier alpha value is -1.34. The molecule has 0 aromatic rings. The highest BCUT2D eigenvalue weighted by Crippen LogP contribution is 2.36. The minimum Gasteiger partial charge on any atom is -0.464 e. The summed E-state index contributed by atoms with van der Waals surface area (Å²) in [7, 11) is 0. The van der Waals surface area contributed by atoms with Gasteiger partial charge in [-0.05, 0) is 64.7 Å². The van der Waals surface area contributed by atoms with Crippen LogP contribution in [-0.2, 0) is 14.3 Å². The normalized spacial score (nSPS) is 21.4. The molecule has 27 heavy (non-hydrogen) atoms. The number of esters is 1. The number of ketones is 1. The minimum absolute atomic E-state index is 0.208. The highest BCUT2D eigenvalue weighted by Gasteiger charge is 2.34. The molecule has 4 heteroatoms. The van der Waals surface area contributed by atoms with Gasteiger partial charge < -0.3 is 9.84 Å². The van der Waals surface area contributed by atoms with Gasteiger partial charge in [0.25, 0.3) is 0 Å². The second-order valence-electron chi connectivity index (χ2n) is 7.96. The van der Waals surface area contributed by atoms with Crippen LogP contribution in [0.2, 0.25) is 0 Å². The molecule has 1 rings (SSSR count). The van der Waals surface area contributed by atoms with E-state index >= 15 is 0 Å². The van der Waals surface area contributed by atoms with Crippen LogP contribution in [0.5, 0.6) is 0 Å². The first-order valence-electron chi connectivity index (χ1n) is 10.8. The molecule has 0 aromatic carbocycles. The third kappa shape index (κ3) is 8.93. The Morgan fingerprint density at radius 1 is 1.15 bits per heavy atom. The molecule has 0 saturated heterocycles. The number of unbranched alkanes of at least 4 members (excludes halogenated alkanes) is 4. The van der Waals surface area contributed by atoms with E-state index in [9.17, 15) is 14.7 Å². The quantitative estimate of drug-likeness (QED) is 0.300. The summed E-state index contributed by atoms with van der Waals surface area (Å²) in [5, 5.41) is 10.1. The maximum absolute atomic E-state index is 12.2. The minimum atomic E-state index is -1.40. The van der Waals surface area contributed by atoms with Crippen molar-refractivity contribution < 1.29 is 19.4 Å². The fraction of sp³-hybridized carbons (Fsp3) is 0.826. The van der Waals surface area contributed by atoms with E-state index in [1.807, 2.05) is 0 Å². The Bertz CT molecular complexity index is 512. The van der Waals surface area contributed by atoms with Crippen LogP contribution >= 0.6 is 0 Å². The Morgan fingerprint density at radius 2 is 1.89 bits per heavy atom. The zero-order chi connectivity index (χ0) is 20.1. The van der Waals surface area contributed by atoms with Gasteiger partial charge in [0, 0.05) is 25.2 Å². The summed E-state index contributed by atoms with van der Waals surface area (Å²) < 4.78 is 4.90. The highest BCUT2D eigenvalue weighted by atomic mass is 16.5. The first kappa shape index (κ1) is 23.7. The van der Waals surface area contributed by atoms with Crippen molar-refractivity contribution in [2.75, 3.05) is 6.61 Å². The number of hydrogen-bond acceptors (Lipinski definition) is 4. The average molecular weight is 379 g/mol. The van der Waals surface area contributed by atoms with Crippen molar-refractivity contribution in [1.29, 1.82) is 0 Å². The first-order chi connectivity index (χ1) is 12.9. The number of rotatable bonds is 12. The van der Waals surface area contributed by atoms with Gasteiger partial charge >= 0.3 is 5.97 Å². The zero-order valence-electron chi connectivity index (χ0n) is 17.5. The Labute approximate surface area is 165 Å². The zero-order valence-corrected chi connectivity index (χ0v) is 17.5. The van der Waals surface area contributed by atoms with Gasteiger partial charge in [0.1, 0.15) is 5.78 Å². The predicted molar refractivity (Wildman–Crippen MR) is 108 cm³/mol. The molecule has 0 heterocycles. The van der Waals surface area contributed by atoms with Crippen molar-refractivity contribution >= 4 is 11.8 Å². The third-order valence-corrected chi connectivity index (χ3v) is 5.51. The van der Waals surface area contributed by atoms with E-state index in [2.05, 4.69) is 18.8 Å². The maximum Gasteiger partial charge on any atom is 0.337 e. The van der Waals surface area contributed by atoms with Gasteiger partial charge in [-0.15, -0.1) is 11.8 Å². The van der Waals surface area contributed by atoms with E-state index in [1.54, 1.807) is 6.92 Å². The molecule has 1 saturated carbocycles. The van der Waals surface area contributed by atoms with Gasteiger partial charge in [-0.3, -0.25) is 4.79 Å². The third-order valence-electron chi connectivity index (χ3n) is 5.51. The lowest BCUT2D eigenvalue weighted by Gasteiger charge is -2.21. The van der Waals surface area contributed by atoms with Crippen molar-refractivity contribution in [1.82, 2.24) is 0 Å². The van der Waals surface area contributed by atoms with Crippen LogP contribution in [0, 0.1) is 23.7 Å². The van der Waals surface area contributed by atoms with E-state index in [0.29, 0.717) is 18.1 Å². The molecule has 0 bridgehead atoms. The van der Waals surface area contributed by atoms with E-state index in [1.165, 1.54) is 6.92 Å². The summed E-state index contributed by atoms with van der Waals surface area (Å²) in [5.74, 6) is 7.03. The van der Waals surface area contributed by atoms with E-state index in [0.717, 1.165) is 70.6 Å². The molecule has 3 atom stereocenters. The van der Waals surface area contributed by atoms with Gasteiger partial charge in [0.2, 0.25) is 0 Å². The van der Waals surface area contributed by atoms with Crippen molar-refractivity contribution in [3.8, 4) is 11.8 Å². The Morgan fingerprint density at radius 3 is 2.59 bits per heavy atom. The molecular formula is C23H38O4. The van der Waals surface area contributed by atoms with E-state index < -0.39 is 11.6 Å². The lowest BCUT2D eigenvalue weighted by Crippen LogP contribution is -2.36. The number of Topliss-reactive ketones (excluding diaryl/α,β-unsaturated/α-hetero) is 1. The van der Waals surface area contributed by atoms with Crippen LogP contribution in [-0.4, -0.2) is 29.1 Å². The molecule has 1 fully saturated rings. The Kier molecular flexibility index (Phi) is 11.4. The largest absolute Gasteiger partial charge is 0.464 e. The summed E-state index contributed by atoms with van der Waals surface area (Å²) in [5.41, 5.74) is -1.40. The molecule has 154 valence electrons. The summed E-state index contributed by atoms with van der Waals surface area (Å²) in [6, 6.07) is 0. The van der Waals surface area contributed by atoms with Crippen molar-refractivity contribution in [2.24, 2.45) is 11.8 Å². The number of aliphatic hydroxyl groups is 1. The number of carbonyl (C=O) groups is 2. The molecule has 0 amide bonds. The lowest BCUT2D eigenvalue weighted by atomic mass is 9.86. The molecule has 1 N–H and O–H groups in total. The molecule has 1 unspecified atom stereocenters. The second kappa shape index (κ2) is 12.9. The predicted octanol–water partition coefficient (Wildman–Crippen LogP) is 4.82. The van der Waals surface area contributed by atoms with Crippen molar-refractivity contribution in [3.63, 3.8) is 0 Å². The molecule has 1 aliphatic carbocycles. The van der Waals surface area contributed by atoms with Crippen LogP contribution in [0.25, 0.3) is 0 Å². The van der Waals surface area contributed by atoms with Gasteiger partial charge in [-0.25, -0.2) is 4.79 Å². The summed E-state index contributed by atoms with van der Waals surface area (Å²) in [6.07, 6.45) is 11.0. The van der Waals surface area contributed by atoms with Gasteiger partial charge in [0.05, 0.1) is 6.61 Å². The van der Waals surface area contributed by atoms with Crippen LogP contribution in [0.1, 0.15) is 97.8 Å². The summed E-state index contributed by atoms with van der Waals surface area (Å²) >= 11 is 0. The monoisotopic (exact) mass is 378 g/mol. The molecule has 0 aliphatic heterocycles. The first-order valence-corrected chi connectivity index (χ1v) is 10.8. The number of carbonyl (C=O) groups excluding carboxylic acids is 2. The molecule has 4 nitrogen and oxygen atoms in total. The molecule has 1 aliphatic rings. The number of ether oxygens (including phenoxy) is 1. The summed E-state index contributed by atoms with van der Waals surface area (Å²) in [6.45, 7) is 5.68. The smallest absolute Gasteiger partial charge is 0.337 e. The fourth-order valence-electron chi connectivity index (χ4n) is 3.87. The van der Waals surface area contributed by atoms with E-state index in [4.69, 9.17) is 4.74 Å². The molecule has 0 aromatic heterocycles. The van der Waals surface area contributed by atoms with Gasteiger partial charge in [0.15, 0.2) is 5.60 Å². The highest BCUT2D eigenvalue weighted by molar-refractivity contribution is 5.83. The fourth-order valence-corrected chi connectivity index (χ4v) is 3.87. The van der Waals surface area contributed by atoms with Crippen LogP contribution in [0.3, 0.4) is 0 Å². The topological polar surface area (TPSA) is 63.6 Å². The van der Waals surface area contributed by atoms with Crippen molar-refractivity contribution in [3.05, 3.63) is 0 Å². The standard InChI is InChI=1S/C23H38O4/c1-4-6-7-8-9-11-14-19-16-17-21(24)20(19)15-12-10-13-18-23(3,26)22(25)27-5-2/h19-20,26H,4-6,9-18H2,1-3H3/t19-,20+,23?/m0/s1. The SMILES string of the molecule is CCCC#CCCC[C@H]1CCC(=O)[C@@H]1CCCCCC(C)(O)C(=O)OCC. The van der Waals surface area contributed by atoms with Gasteiger partial charge in [-0.1, -0.05) is 19.8 Å². The second-order valence-corrected chi connectivity index (χ2v) is 7.96. The molecule has 0 radical (unpaired) electrons. The Balaban J connectivity index is 2.26. The van der Waals surface area contributed by atoms with Crippen molar-refractivity contribution in [2.45, 2.75) is 103 Å². The lowest BCUT2D eigenvalue weighted by molar-refractivity contribution is -0.163. The summed E-state index contributed by atoms with van der Waals surface area (Å²) in [4.78, 5) is 23.9.